The van der Waals surface area contributed by atoms with Crippen molar-refractivity contribution in [1.29, 1.82) is 0 Å². The van der Waals surface area contributed by atoms with Crippen molar-refractivity contribution in [3.63, 3.8) is 0 Å². The molecular weight excluding hydrogens is 262 g/mol. The van der Waals surface area contributed by atoms with Crippen molar-refractivity contribution in [2.75, 3.05) is 0 Å². The molecule has 1 heterocycles. The Morgan fingerprint density at radius 1 is 1.38 bits per heavy atom. The van der Waals surface area contributed by atoms with Gasteiger partial charge in [-0.2, -0.15) is 5.10 Å². The number of nitrogens with one attached hydrogen (secondary N) is 1. The first-order chi connectivity index (χ1) is 9.88. The number of aryl methyl sites for hydroxylation is 2. The van der Waals surface area contributed by atoms with E-state index in [-0.39, 0.29) is 11.3 Å². The summed E-state index contributed by atoms with van der Waals surface area (Å²) in [6.07, 6.45) is 7.98. The first-order valence-corrected chi connectivity index (χ1v) is 8.14. The molecule has 0 radical (unpaired) electrons. The number of amides is 1. The summed E-state index contributed by atoms with van der Waals surface area (Å²) in [5.41, 5.74) is 1.38. The second kappa shape index (κ2) is 6.63. The lowest BCUT2D eigenvalue weighted by Crippen LogP contribution is -2.46. The molecule has 1 N–H and O–H groups in total. The predicted molar refractivity (Wildman–Crippen MR) is 84.9 cm³/mol. The highest BCUT2D eigenvalue weighted by Gasteiger charge is 2.34. The largest absolute Gasteiger partial charge is 0.353 e. The first-order valence-electron chi connectivity index (χ1n) is 8.14. The maximum absolute atomic E-state index is 12.2. The van der Waals surface area contributed by atoms with E-state index >= 15 is 0 Å². The van der Waals surface area contributed by atoms with E-state index in [2.05, 4.69) is 31.2 Å². The molecule has 2 rings (SSSR count). The van der Waals surface area contributed by atoms with Gasteiger partial charge in [-0.3, -0.25) is 9.48 Å². The summed E-state index contributed by atoms with van der Waals surface area (Å²) in [5, 5.41) is 7.43. The van der Waals surface area contributed by atoms with E-state index in [1.807, 2.05) is 17.8 Å². The second-order valence-electron chi connectivity index (χ2n) is 7.38. The van der Waals surface area contributed by atoms with Gasteiger partial charge < -0.3 is 5.32 Å². The zero-order chi connectivity index (χ0) is 15.5. The predicted octanol–water partition coefficient (Wildman–Crippen LogP) is 3.07. The Kier molecular flexibility index (Phi) is 5.07. The van der Waals surface area contributed by atoms with Gasteiger partial charge in [0.15, 0.2) is 0 Å². The average Bonchev–Trinajstić information content (AvgIpc) is 2.81. The van der Waals surface area contributed by atoms with Crippen molar-refractivity contribution in [2.45, 2.75) is 65.3 Å². The van der Waals surface area contributed by atoms with Gasteiger partial charge in [0.1, 0.15) is 0 Å². The standard InChI is InChI=1S/C17H29N3O/c1-17(2,3)14-7-5-6-8-15(14)19-16(21)10-9-13-11-12-18-20(13)4/h11-12,14-15H,5-10H2,1-4H3,(H,19,21). The third-order valence-corrected chi connectivity index (χ3v) is 4.76. The molecule has 0 aliphatic heterocycles. The summed E-state index contributed by atoms with van der Waals surface area (Å²) < 4.78 is 1.84. The van der Waals surface area contributed by atoms with Crippen LogP contribution in [0.15, 0.2) is 12.3 Å². The summed E-state index contributed by atoms with van der Waals surface area (Å²) in [6.45, 7) is 6.87. The minimum atomic E-state index is 0.178. The number of carbonyl (C=O) groups is 1. The van der Waals surface area contributed by atoms with Crippen LogP contribution in [0.25, 0.3) is 0 Å². The van der Waals surface area contributed by atoms with Crippen LogP contribution in [0.2, 0.25) is 0 Å². The normalized spacial score (nSPS) is 23.0. The molecule has 1 aliphatic rings. The van der Waals surface area contributed by atoms with Crippen LogP contribution in [0.3, 0.4) is 0 Å². The molecule has 4 nitrogen and oxygen atoms in total. The Morgan fingerprint density at radius 3 is 2.71 bits per heavy atom. The molecule has 1 amide bonds. The van der Waals surface area contributed by atoms with Gasteiger partial charge in [-0.15, -0.1) is 0 Å². The molecule has 0 spiro atoms. The highest BCUT2D eigenvalue weighted by atomic mass is 16.1. The van der Waals surface area contributed by atoms with E-state index in [1.165, 1.54) is 19.3 Å². The molecule has 1 saturated carbocycles. The van der Waals surface area contributed by atoms with Gasteiger partial charge in [-0.05, 0) is 36.7 Å². The van der Waals surface area contributed by atoms with Crippen molar-refractivity contribution < 1.29 is 4.79 Å². The molecule has 0 bridgehead atoms. The molecule has 2 unspecified atom stereocenters. The Labute approximate surface area is 128 Å². The van der Waals surface area contributed by atoms with Crippen molar-refractivity contribution in [3.8, 4) is 0 Å². The summed E-state index contributed by atoms with van der Waals surface area (Å²) in [7, 11) is 1.92. The fourth-order valence-corrected chi connectivity index (χ4v) is 3.51. The van der Waals surface area contributed by atoms with Gasteiger partial charge in [0.05, 0.1) is 0 Å². The van der Waals surface area contributed by atoms with Gasteiger partial charge in [0.2, 0.25) is 5.91 Å². The van der Waals surface area contributed by atoms with E-state index in [1.54, 1.807) is 6.20 Å². The van der Waals surface area contributed by atoms with Gasteiger partial charge in [-0.1, -0.05) is 33.6 Å². The summed E-state index contributed by atoms with van der Waals surface area (Å²) >= 11 is 0. The Balaban J connectivity index is 1.87. The van der Waals surface area contributed by atoms with Gasteiger partial charge >= 0.3 is 0 Å². The third kappa shape index (κ3) is 4.32. The van der Waals surface area contributed by atoms with Crippen molar-refractivity contribution in [1.82, 2.24) is 15.1 Å². The zero-order valence-electron chi connectivity index (χ0n) is 13.9. The van der Waals surface area contributed by atoms with Gasteiger partial charge in [0.25, 0.3) is 0 Å². The van der Waals surface area contributed by atoms with Crippen LogP contribution in [0.1, 0.15) is 58.6 Å². The molecular formula is C17H29N3O. The highest BCUT2D eigenvalue weighted by Crippen LogP contribution is 2.37. The smallest absolute Gasteiger partial charge is 0.220 e. The van der Waals surface area contributed by atoms with Crippen LogP contribution in [0, 0.1) is 11.3 Å². The van der Waals surface area contributed by atoms with Crippen LogP contribution >= 0.6 is 0 Å². The van der Waals surface area contributed by atoms with Crippen LogP contribution in [0.4, 0.5) is 0 Å². The molecule has 0 saturated heterocycles. The Bertz CT molecular complexity index is 473. The quantitative estimate of drug-likeness (QED) is 0.926. The molecule has 1 fully saturated rings. The molecule has 2 atom stereocenters. The molecule has 0 aromatic carbocycles. The fraction of sp³-hybridized carbons (Fsp3) is 0.765. The SMILES string of the molecule is Cn1nccc1CCC(=O)NC1CCCCC1C(C)(C)C. The van der Waals surface area contributed by atoms with Crippen LogP contribution in [0.5, 0.6) is 0 Å². The number of aromatic nitrogens is 2. The number of rotatable bonds is 4. The van der Waals surface area contributed by atoms with E-state index in [0.717, 1.165) is 18.5 Å². The summed E-state index contributed by atoms with van der Waals surface area (Å²) in [6, 6.07) is 2.32. The van der Waals surface area contributed by atoms with Crippen molar-refractivity contribution >= 4 is 5.91 Å². The molecule has 1 aliphatic carbocycles. The Hall–Kier alpha value is -1.32. The third-order valence-electron chi connectivity index (χ3n) is 4.76. The Morgan fingerprint density at radius 2 is 2.10 bits per heavy atom. The van der Waals surface area contributed by atoms with Crippen LogP contribution < -0.4 is 5.32 Å². The lowest BCUT2D eigenvalue weighted by Gasteiger charge is -2.40. The molecule has 1 aromatic heterocycles. The van der Waals surface area contributed by atoms with Crippen molar-refractivity contribution in [3.05, 3.63) is 18.0 Å². The van der Waals surface area contributed by atoms with E-state index in [0.29, 0.717) is 18.4 Å². The second-order valence-corrected chi connectivity index (χ2v) is 7.38. The zero-order valence-corrected chi connectivity index (χ0v) is 13.9. The van der Waals surface area contributed by atoms with Crippen molar-refractivity contribution in [2.24, 2.45) is 18.4 Å². The van der Waals surface area contributed by atoms with Gasteiger partial charge in [-0.25, -0.2) is 0 Å². The van der Waals surface area contributed by atoms with Crippen LogP contribution in [-0.2, 0) is 18.3 Å². The molecule has 21 heavy (non-hydrogen) atoms. The average molecular weight is 291 g/mol. The van der Waals surface area contributed by atoms with E-state index in [9.17, 15) is 4.79 Å². The number of nitrogens with zero attached hydrogens (tertiary/aromatic N) is 2. The summed E-state index contributed by atoms with van der Waals surface area (Å²) in [5.74, 6) is 0.768. The lowest BCUT2D eigenvalue weighted by molar-refractivity contribution is -0.122. The van der Waals surface area contributed by atoms with Crippen LogP contribution in [-0.4, -0.2) is 21.7 Å². The first kappa shape index (κ1) is 16.1. The molecule has 118 valence electrons. The molecule has 1 aromatic rings. The number of hydrogen-bond acceptors (Lipinski definition) is 2. The monoisotopic (exact) mass is 291 g/mol. The molecule has 4 heteroatoms. The topological polar surface area (TPSA) is 46.9 Å². The number of hydrogen-bond donors (Lipinski definition) is 1. The maximum Gasteiger partial charge on any atom is 0.220 e. The minimum Gasteiger partial charge on any atom is -0.353 e. The minimum absolute atomic E-state index is 0.178. The van der Waals surface area contributed by atoms with E-state index < -0.39 is 0 Å². The highest BCUT2D eigenvalue weighted by molar-refractivity contribution is 5.76. The maximum atomic E-state index is 12.2. The van der Waals surface area contributed by atoms with Gasteiger partial charge in [0, 0.05) is 31.4 Å². The lowest BCUT2D eigenvalue weighted by atomic mass is 9.69. The summed E-state index contributed by atoms with van der Waals surface area (Å²) in [4.78, 5) is 12.2. The van der Waals surface area contributed by atoms with E-state index in [4.69, 9.17) is 0 Å². The fourth-order valence-electron chi connectivity index (χ4n) is 3.51. The number of carbonyl (C=O) groups excluding carboxylic acids is 1.